The highest BCUT2D eigenvalue weighted by molar-refractivity contribution is 8.00. The third kappa shape index (κ3) is 6.68. The van der Waals surface area contributed by atoms with Gasteiger partial charge in [-0.05, 0) is 34.6 Å². The summed E-state index contributed by atoms with van der Waals surface area (Å²) in [4.78, 5) is 62.1. The Bertz CT molecular complexity index is 1430. The summed E-state index contributed by atoms with van der Waals surface area (Å²) >= 11 is 2.41. The van der Waals surface area contributed by atoms with Crippen LogP contribution in [0, 0.1) is 0 Å². The number of esters is 1. The van der Waals surface area contributed by atoms with E-state index in [9.17, 15) is 24.3 Å². The van der Waals surface area contributed by atoms with E-state index >= 15 is 0 Å². The Morgan fingerprint density at radius 2 is 1.90 bits per heavy atom. The zero-order chi connectivity index (χ0) is 30.1. The molecule has 2 aromatic rings. The van der Waals surface area contributed by atoms with Gasteiger partial charge in [-0.2, -0.15) is 0 Å². The molecule has 4 heterocycles. The molecular formula is C26H31N6O7S2+. The van der Waals surface area contributed by atoms with Crippen LogP contribution in [-0.2, 0) is 35.3 Å². The Morgan fingerprint density at radius 1 is 1.22 bits per heavy atom. The summed E-state index contributed by atoms with van der Waals surface area (Å²) in [6.07, 6.45) is 3.62. The number of carbonyl (C=O) groups excluding carboxylic acids is 3. The number of β-lactam (4-membered cyclic amide) rings is 1. The second kappa shape index (κ2) is 11.5. The van der Waals surface area contributed by atoms with Crippen LogP contribution in [0.4, 0.5) is 5.13 Å². The van der Waals surface area contributed by atoms with E-state index in [0.29, 0.717) is 17.9 Å². The van der Waals surface area contributed by atoms with Crippen molar-refractivity contribution in [3.05, 3.63) is 52.9 Å². The number of carboxylic acids is 1. The van der Waals surface area contributed by atoms with Gasteiger partial charge < -0.3 is 25.7 Å². The fourth-order valence-electron chi connectivity index (χ4n) is 3.97. The number of amides is 2. The minimum absolute atomic E-state index is 0.0817. The monoisotopic (exact) mass is 603 g/mol. The number of pyridine rings is 1. The summed E-state index contributed by atoms with van der Waals surface area (Å²) in [5.41, 5.74) is 3.68. The van der Waals surface area contributed by atoms with Crippen molar-refractivity contribution >= 4 is 57.7 Å². The SMILES string of the molecule is CC(C)(C)OC(=O)C(C)(C)ON=C(C(=O)N[C@@H]1C(=O)N2C(C(=O)O)=C(C[n+]3ccccc3)CS[C@H]12)c1csc(N)n1. The zero-order valence-corrected chi connectivity index (χ0v) is 24.7. The molecule has 0 bridgehead atoms. The van der Waals surface area contributed by atoms with Crippen LogP contribution in [0.3, 0.4) is 0 Å². The van der Waals surface area contributed by atoms with Gasteiger partial charge in [0.05, 0.1) is 0 Å². The van der Waals surface area contributed by atoms with Crippen molar-refractivity contribution in [1.82, 2.24) is 15.2 Å². The first-order chi connectivity index (χ1) is 19.2. The fraction of sp³-hybridized carbons (Fsp3) is 0.423. The van der Waals surface area contributed by atoms with Gasteiger partial charge >= 0.3 is 11.9 Å². The number of aromatic nitrogens is 2. The van der Waals surface area contributed by atoms with E-state index in [1.807, 2.05) is 35.2 Å². The highest BCUT2D eigenvalue weighted by Crippen LogP contribution is 2.40. The standard InChI is InChI=1S/C26H30N6O7S2/c1-25(2,3)38-23(37)26(4,5)39-30-16(15-13-41-24(27)28-15)19(33)29-17-20(34)32-18(22(35)36)14(12-40-21(17)32)11-31-9-7-6-8-10-31/h6-10,13,17,21H,11-12H2,1-5H3,(H3-,27,28,29,33,35,36)/p+1/t17-,21-/m1/s1. The third-order valence-corrected chi connectivity index (χ3v) is 7.94. The second-order valence-corrected chi connectivity index (χ2v) is 12.8. The van der Waals surface area contributed by atoms with Crippen molar-refractivity contribution in [3.8, 4) is 0 Å². The van der Waals surface area contributed by atoms with Gasteiger partial charge in [0, 0.05) is 28.8 Å². The van der Waals surface area contributed by atoms with E-state index in [4.69, 9.17) is 15.3 Å². The van der Waals surface area contributed by atoms with Crippen LogP contribution in [-0.4, -0.2) is 72.8 Å². The van der Waals surface area contributed by atoms with Crippen molar-refractivity contribution in [3.63, 3.8) is 0 Å². The van der Waals surface area contributed by atoms with Crippen molar-refractivity contribution in [2.45, 2.75) is 63.8 Å². The van der Waals surface area contributed by atoms with Crippen molar-refractivity contribution in [2.24, 2.45) is 5.16 Å². The summed E-state index contributed by atoms with van der Waals surface area (Å²) in [7, 11) is 0. The number of nitrogens with one attached hydrogen (secondary N) is 1. The predicted molar refractivity (Wildman–Crippen MR) is 150 cm³/mol. The average molecular weight is 604 g/mol. The molecule has 41 heavy (non-hydrogen) atoms. The molecule has 0 aliphatic carbocycles. The fourth-order valence-corrected chi connectivity index (χ4v) is 5.86. The molecule has 2 aliphatic rings. The number of nitrogens with two attached hydrogens (primary N) is 1. The lowest BCUT2D eigenvalue weighted by Gasteiger charge is -2.49. The van der Waals surface area contributed by atoms with Crippen molar-refractivity contribution < 1.29 is 38.4 Å². The molecule has 15 heteroatoms. The Kier molecular flexibility index (Phi) is 8.40. The zero-order valence-electron chi connectivity index (χ0n) is 23.1. The lowest BCUT2D eigenvalue weighted by Crippen LogP contribution is -2.71. The number of rotatable bonds is 9. The van der Waals surface area contributed by atoms with Crippen LogP contribution in [0.1, 0.15) is 40.3 Å². The number of anilines is 1. The molecule has 0 radical (unpaired) electrons. The lowest BCUT2D eigenvalue weighted by molar-refractivity contribution is -0.689. The van der Waals surface area contributed by atoms with Crippen LogP contribution < -0.4 is 15.6 Å². The molecule has 2 aliphatic heterocycles. The number of fused-ring (bicyclic) bond motifs is 1. The van der Waals surface area contributed by atoms with E-state index in [1.165, 1.54) is 35.9 Å². The number of carboxylic acid groups (broad SMARTS) is 1. The summed E-state index contributed by atoms with van der Waals surface area (Å²) in [5, 5.41) is 17.5. The molecule has 0 unspecified atom stereocenters. The van der Waals surface area contributed by atoms with Gasteiger partial charge in [-0.1, -0.05) is 11.2 Å². The molecule has 0 saturated carbocycles. The quantitative estimate of drug-likeness (QED) is 0.124. The van der Waals surface area contributed by atoms with Crippen molar-refractivity contribution in [1.29, 1.82) is 0 Å². The molecule has 218 valence electrons. The van der Waals surface area contributed by atoms with Crippen LogP contribution in [0.2, 0.25) is 0 Å². The molecule has 4 rings (SSSR count). The molecule has 2 amide bonds. The molecule has 2 atom stereocenters. The van der Waals surface area contributed by atoms with Crippen LogP contribution in [0.25, 0.3) is 0 Å². The summed E-state index contributed by atoms with van der Waals surface area (Å²) in [6, 6.07) is 4.48. The number of aliphatic carboxylic acids is 1. The van der Waals surface area contributed by atoms with Gasteiger partial charge in [-0.15, -0.1) is 23.1 Å². The number of oxime groups is 1. The second-order valence-electron chi connectivity index (χ2n) is 10.8. The van der Waals surface area contributed by atoms with E-state index in [1.54, 1.807) is 20.8 Å². The molecule has 0 aromatic carbocycles. The maximum Gasteiger partial charge on any atom is 0.353 e. The molecule has 13 nitrogen and oxygen atoms in total. The molecule has 1 fully saturated rings. The van der Waals surface area contributed by atoms with E-state index in [-0.39, 0.29) is 22.2 Å². The maximum absolute atomic E-state index is 13.4. The number of thiazole rings is 1. The summed E-state index contributed by atoms with van der Waals surface area (Å²) < 4.78 is 7.19. The number of ether oxygens (including phenoxy) is 1. The van der Waals surface area contributed by atoms with Crippen LogP contribution in [0.15, 0.2) is 52.4 Å². The third-order valence-electron chi connectivity index (χ3n) is 5.92. The molecule has 2 aromatic heterocycles. The highest BCUT2D eigenvalue weighted by Gasteiger charge is 2.55. The highest BCUT2D eigenvalue weighted by atomic mass is 32.2. The summed E-state index contributed by atoms with van der Waals surface area (Å²) in [5.74, 6) is -2.96. The van der Waals surface area contributed by atoms with Crippen molar-refractivity contribution in [2.75, 3.05) is 11.5 Å². The number of hydrogen-bond acceptors (Lipinski definition) is 11. The molecule has 1 saturated heterocycles. The number of carbonyl (C=O) groups is 4. The Hall–Kier alpha value is -3.98. The Morgan fingerprint density at radius 3 is 2.49 bits per heavy atom. The number of nitrogen functional groups attached to an aromatic ring is 1. The first kappa shape index (κ1) is 30.0. The number of thioether (sulfide) groups is 1. The molecule has 4 N–H and O–H groups in total. The topological polar surface area (TPSA) is 177 Å². The molecule has 0 spiro atoms. The van der Waals surface area contributed by atoms with Crippen LogP contribution >= 0.6 is 23.1 Å². The molecular weight excluding hydrogens is 572 g/mol. The summed E-state index contributed by atoms with van der Waals surface area (Å²) in [6.45, 7) is 8.29. The average Bonchev–Trinajstić information content (AvgIpc) is 3.32. The van der Waals surface area contributed by atoms with Gasteiger partial charge in [0.2, 0.25) is 5.60 Å². The first-order valence-corrected chi connectivity index (χ1v) is 14.5. The Balaban J connectivity index is 1.54. The van der Waals surface area contributed by atoms with E-state index < -0.39 is 46.4 Å². The largest absolute Gasteiger partial charge is 0.477 e. The normalized spacial score (nSPS) is 19.3. The van der Waals surface area contributed by atoms with Crippen LogP contribution in [0.5, 0.6) is 0 Å². The first-order valence-electron chi connectivity index (χ1n) is 12.5. The maximum atomic E-state index is 13.4. The van der Waals surface area contributed by atoms with Gasteiger partial charge in [-0.25, -0.2) is 19.1 Å². The number of hydrogen-bond donors (Lipinski definition) is 3. The van der Waals surface area contributed by atoms with Gasteiger partial charge in [0.1, 0.15) is 28.4 Å². The van der Waals surface area contributed by atoms with E-state index in [0.717, 1.165) is 11.3 Å². The number of nitrogens with zero attached hydrogens (tertiary/aromatic N) is 4. The minimum atomic E-state index is -1.56. The van der Waals surface area contributed by atoms with Gasteiger partial charge in [0.25, 0.3) is 11.8 Å². The van der Waals surface area contributed by atoms with Gasteiger partial charge in [0.15, 0.2) is 29.8 Å². The van der Waals surface area contributed by atoms with E-state index in [2.05, 4.69) is 15.5 Å². The predicted octanol–water partition coefficient (Wildman–Crippen LogP) is 1.29. The van der Waals surface area contributed by atoms with Gasteiger partial charge in [-0.3, -0.25) is 14.5 Å². The Labute approximate surface area is 244 Å². The smallest absolute Gasteiger partial charge is 0.353 e. The lowest BCUT2D eigenvalue weighted by atomic mass is 10.0. The minimum Gasteiger partial charge on any atom is -0.477 e.